The minimum atomic E-state index is -5.11. The van der Waals surface area contributed by atoms with Gasteiger partial charge in [-0.05, 0) is 48.9 Å². The highest BCUT2D eigenvalue weighted by Crippen LogP contribution is 2.36. The minimum Gasteiger partial charge on any atom is -0.404 e. The molecule has 1 aromatic heterocycles. The van der Waals surface area contributed by atoms with E-state index in [1.807, 2.05) is 0 Å². The van der Waals surface area contributed by atoms with Crippen LogP contribution in [0.3, 0.4) is 0 Å². The molecule has 0 N–H and O–H groups in total. The molecule has 0 saturated heterocycles. The zero-order valence-electron chi connectivity index (χ0n) is 15.7. The van der Waals surface area contributed by atoms with E-state index in [1.165, 1.54) is 18.2 Å². The second kappa shape index (κ2) is 8.05. The number of carbonyl (C=O) groups is 1. The summed E-state index contributed by atoms with van der Waals surface area (Å²) < 4.78 is 97.5. The Kier molecular flexibility index (Phi) is 5.79. The van der Waals surface area contributed by atoms with Crippen molar-refractivity contribution >= 4 is 5.97 Å². The number of alkyl halides is 6. The van der Waals surface area contributed by atoms with Crippen LogP contribution in [0.25, 0.3) is 5.69 Å². The Hall–Kier alpha value is -3.37. The highest BCUT2D eigenvalue weighted by Gasteiger charge is 2.37. The number of rotatable bonds is 4. The molecule has 2 aromatic carbocycles. The largest absolute Gasteiger partial charge is 0.416 e. The van der Waals surface area contributed by atoms with Crippen LogP contribution in [0.5, 0.6) is 5.88 Å². The minimum absolute atomic E-state index is 0.0886. The van der Waals surface area contributed by atoms with Gasteiger partial charge in [-0.15, -0.1) is 0 Å². The summed E-state index contributed by atoms with van der Waals surface area (Å²) >= 11 is 0. The van der Waals surface area contributed by atoms with Gasteiger partial charge in [0.05, 0.1) is 28.1 Å². The molecule has 0 bridgehead atoms. The number of aryl methyl sites for hydroxylation is 1. The van der Waals surface area contributed by atoms with Crippen molar-refractivity contribution in [1.82, 2.24) is 9.78 Å². The van der Waals surface area contributed by atoms with Crippen molar-refractivity contribution in [1.29, 1.82) is 0 Å². The van der Waals surface area contributed by atoms with Crippen LogP contribution >= 0.6 is 0 Å². The van der Waals surface area contributed by atoms with Gasteiger partial charge in [0, 0.05) is 6.07 Å². The molecule has 0 radical (unpaired) electrons. The first-order valence-corrected chi connectivity index (χ1v) is 8.75. The summed E-state index contributed by atoms with van der Waals surface area (Å²) in [5.74, 6) is -2.24. The van der Waals surface area contributed by atoms with E-state index < -0.39 is 40.8 Å². The number of esters is 1. The molecule has 0 saturated carbocycles. The number of hydrogen-bond acceptors (Lipinski definition) is 3. The molecule has 0 aliphatic rings. The summed E-state index contributed by atoms with van der Waals surface area (Å²) in [4.78, 5) is 12.4. The van der Waals surface area contributed by atoms with E-state index in [2.05, 4.69) is 5.10 Å². The van der Waals surface area contributed by atoms with Gasteiger partial charge in [0.2, 0.25) is 5.88 Å². The lowest BCUT2D eigenvalue weighted by molar-refractivity contribution is -0.143. The average molecular weight is 446 g/mol. The molecular formula is C20H13F7N2O2. The Morgan fingerprint density at radius 3 is 1.97 bits per heavy atom. The number of hydrogen-bond donors (Lipinski definition) is 0. The summed E-state index contributed by atoms with van der Waals surface area (Å²) in [6, 6.07) is 6.60. The van der Waals surface area contributed by atoms with Crippen molar-refractivity contribution in [2.45, 2.75) is 25.7 Å². The molecule has 0 aliphatic heterocycles. The summed E-state index contributed by atoms with van der Waals surface area (Å²) in [6.45, 7) is 1.73. The van der Waals surface area contributed by atoms with E-state index in [0.29, 0.717) is 12.1 Å². The number of benzene rings is 2. The summed E-state index contributed by atoms with van der Waals surface area (Å²) in [5, 5.41) is 4.15. The van der Waals surface area contributed by atoms with Gasteiger partial charge in [-0.1, -0.05) is 6.92 Å². The maximum absolute atomic E-state index is 13.2. The molecule has 4 nitrogen and oxygen atoms in total. The first kappa shape index (κ1) is 22.3. The first-order valence-electron chi connectivity index (χ1n) is 8.75. The molecule has 11 heteroatoms. The zero-order valence-corrected chi connectivity index (χ0v) is 15.7. The molecule has 0 spiro atoms. The molecule has 1 heterocycles. The van der Waals surface area contributed by atoms with Crippen molar-refractivity contribution in [2.24, 2.45) is 0 Å². The van der Waals surface area contributed by atoms with Gasteiger partial charge >= 0.3 is 18.3 Å². The third-order valence-corrected chi connectivity index (χ3v) is 4.18. The predicted molar refractivity (Wildman–Crippen MR) is 94.3 cm³/mol. The third kappa shape index (κ3) is 5.04. The number of halogens is 7. The smallest absolute Gasteiger partial charge is 0.404 e. The van der Waals surface area contributed by atoms with Crippen molar-refractivity contribution < 1.29 is 40.3 Å². The maximum Gasteiger partial charge on any atom is 0.416 e. The van der Waals surface area contributed by atoms with Crippen molar-refractivity contribution in [2.75, 3.05) is 0 Å². The van der Waals surface area contributed by atoms with Crippen LogP contribution in [0, 0.1) is 5.82 Å². The molecule has 164 valence electrons. The van der Waals surface area contributed by atoms with E-state index in [1.54, 1.807) is 6.92 Å². The molecule has 0 amide bonds. The fraction of sp³-hybridized carbons (Fsp3) is 0.200. The fourth-order valence-electron chi connectivity index (χ4n) is 2.65. The van der Waals surface area contributed by atoms with Gasteiger partial charge in [-0.25, -0.2) is 13.9 Å². The van der Waals surface area contributed by atoms with Crippen LogP contribution in [-0.2, 0) is 18.8 Å². The van der Waals surface area contributed by atoms with Gasteiger partial charge in [0.15, 0.2) is 0 Å². The predicted octanol–water partition coefficient (Wildman–Crippen LogP) is 5.83. The fourth-order valence-corrected chi connectivity index (χ4v) is 2.65. The summed E-state index contributed by atoms with van der Waals surface area (Å²) in [7, 11) is 0. The number of nitrogens with zero attached hydrogens (tertiary/aromatic N) is 2. The molecule has 0 fully saturated rings. The SMILES string of the molecule is CCc1cc(OC(=O)c2cc(C(F)(F)F)cc(C(F)(F)F)c2)n(-c2ccc(F)cc2)n1. The normalized spacial score (nSPS) is 12.1. The first-order chi connectivity index (χ1) is 14.4. The number of aromatic nitrogens is 2. The third-order valence-electron chi connectivity index (χ3n) is 4.18. The lowest BCUT2D eigenvalue weighted by Crippen LogP contribution is -2.16. The van der Waals surface area contributed by atoms with Crippen LogP contribution < -0.4 is 4.74 Å². The Morgan fingerprint density at radius 2 is 1.48 bits per heavy atom. The molecular weight excluding hydrogens is 433 g/mol. The molecule has 0 unspecified atom stereocenters. The van der Waals surface area contributed by atoms with Crippen LogP contribution in [0.4, 0.5) is 30.7 Å². The number of ether oxygens (including phenoxy) is 1. The molecule has 3 rings (SSSR count). The molecule has 0 atom stereocenters. The quantitative estimate of drug-likeness (QED) is 0.374. The Bertz CT molecular complexity index is 1070. The van der Waals surface area contributed by atoms with Gasteiger partial charge in [0.25, 0.3) is 0 Å². The highest BCUT2D eigenvalue weighted by atomic mass is 19.4. The molecule has 0 aliphatic carbocycles. The van der Waals surface area contributed by atoms with E-state index in [9.17, 15) is 35.5 Å². The highest BCUT2D eigenvalue weighted by molar-refractivity contribution is 5.91. The van der Waals surface area contributed by atoms with Crippen LogP contribution in [-0.4, -0.2) is 15.7 Å². The summed E-state index contributed by atoms with van der Waals surface area (Å²) in [6.07, 6.45) is -9.83. The van der Waals surface area contributed by atoms with Gasteiger partial charge in [-0.2, -0.15) is 31.4 Å². The van der Waals surface area contributed by atoms with E-state index in [-0.39, 0.29) is 29.8 Å². The lowest BCUT2D eigenvalue weighted by atomic mass is 10.0. The maximum atomic E-state index is 13.2. The second-order valence-electron chi connectivity index (χ2n) is 6.40. The van der Waals surface area contributed by atoms with Crippen LogP contribution in [0.2, 0.25) is 0 Å². The standard InChI is InChI=1S/C20H13F7N2O2/c1-2-15-10-17(29(28-15)16-5-3-14(21)4-6-16)31-18(30)11-7-12(19(22,23)24)9-13(8-11)20(25,26)27/h3-10H,2H2,1H3. The Morgan fingerprint density at radius 1 is 0.935 bits per heavy atom. The zero-order chi connectivity index (χ0) is 23.0. The Labute approximate surface area is 170 Å². The summed E-state index contributed by atoms with van der Waals surface area (Å²) in [5.41, 5.74) is -3.53. The van der Waals surface area contributed by atoms with Crippen molar-refractivity contribution in [3.05, 3.63) is 76.7 Å². The monoisotopic (exact) mass is 446 g/mol. The van der Waals surface area contributed by atoms with Gasteiger partial charge in [0.1, 0.15) is 5.82 Å². The van der Waals surface area contributed by atoms with Crippen LogP contribution in [0.15, 0.2) is 48.5 Å². The van der Waals surface area contributed by atoms with E-state index in [4.69, 9.17) is 4.74 Å². The van der Waals surface area contributed by atoms with Crippen molar-refractivity contribution in [3.63, 3.8) is 0 Å². The average Bonchev–Trinajstić information content (AvgIpc) is 3.09. The molecule has 3 aromatic rings. The second-order valence-corrected chi connectivity index (χ2v) is 6.40. The van der Waals surface area contributed by atoms with E-state index in [0.717, 1.165) is 16.8 Å². The van der Waals surface area contributed by atoms with E-state index >= 15 is 0 Å². The van der Waals surface area contributed by atoms with Crippen molar-refractivity contribution in [3.8, 4) is 11.6 Å². The molecule has 31 heavy (non-hydrogen) atoms. The van der Waals surface area contributed by atoms with Gasteiger partial charge in [-0.3, -0.25) is 0 Å². The van der Waals surface area contributed by atoms with Gasteiger partial charge < -0.3 is 4.74 Å². The number of carbonyl (C=O) groups excluding carboxylic acids is 1. The topological polar surface area (TPSA) is 44.1 Å². The van der Waals surface area contributed by atoms with Crippen LogP contribution in [0.1, 0.15) is 34.1 Å². The Balaban J connectivity index is 2.02. The lowest BCUT2D eigenvalue weighted by Gasteiger charge is -2.14.